The van der Waals surface area contributed by atoms with Crippen molar-refractivity contribution in [2.24, 2.45) is 5.16 Å². The molecular weight excluding hydrogens is 356 g/mol. The molecular formula is C18H20N2O3S2. The molecule has 0 unspecified atom stereocenters. The molecule has 0 aromatic carbocycles. The van der Waals surface area contributed by atoms with Crippen molar-refractivity contribution in [3.8, 4) is 0 Å². The van der Waals surface area contributed by atoms with Crippen LogP contribution in [-0.2, 0) is 9.63 Å². The number of aliphatic carboxylic acids is 1. The van der Waals surface area contributed by atoms with Crippen LogP contribution >= 0.6 is 22.7 Å². The van der Waals surface area contributed by atoms with Gasteiger partial charge in [-0.15, -0.1) is 22.7 Å². The molecule has 3 rings (SSSR count). The summed E-state index contributed by atoms with van der Waals surface area (Å²) in [5.74, 6) is -0.836. The fourth-order valence-corrected chi connectivity index (χ4v) is 4.36. The Morgan fingerprint density at radius 3 is 2.92 bits per heavy atom. The lowest BCUT2D eigenvalue weighted by Gasteiger charge is -2.24. The predicted octanol–water partition coefficient (Wildman–Crippen LogP) is 3.60. The van der Waals surface area contributed by atoms with Gasteiger partial charge in [0.15, 0.2) is 0 Å². The second-order valence-electron chi connectivity index (χ2n) is 5.78. The van der Waals surface area contributed by atoms with Crippen molar-refractivity contribution >= 4 is 34.4 Å². The Morgan fingerprint density at radius 2 is 2.24 bits per heavy atom. The molecule has 0 amide bonds. The molecule has 0 aliphatic carbocycles. The first-order valence-electron chi connectivity index (χ1n) is 8.08. The number of oxime groups is 1. The number of nitrogens with zero attached hydrogens (tertiary/aromatic N) is 2. The van der Waals surface area contributed by atoms with Gasteiger partial charge in [0.1, 0.15) is 12.3 Å². The molecule has 7 heteroatoms. The van der Waals surface area contributed by atoms with Crippen LogP contribution in [0.25, 0.3) is 0 Å². The molecule has 1 aliphatic heterocycles. The first-order chi connectivity index (χ1) is 12.1. The molecule has 1 aliphatic rings. The summed E-state index contributed by atoms with van der Waals surface area (Å²) in [5.41, 5.74) is 2.52. The van der Waals surface area contributed by atoms with Crippen molar-refractivity contribution in [2.45, 2.75) is 13.3 Å². The smallest absolute Gasteiger partial charge is 0.332 e. The lowest BCUT2D eigenvalue weighted by Crippen LogP contribution is -2.34. The highest BCUT2D eigenvalue weighted by molar-refractivity contribution is 7.16. The van der Waals surface area contributed by atoms with Gasteiger partial charge in [0, 0.05) is 25.2 Å². The van der Waals surface area contributed by atoms with Crippen molar-refractivity contribution in [3.05, 3.63) is 55.9 Å². The number of hydrogen-bond donors (Lipinski definition) is 1. The summed E-state index contributed by atoms with van der Waals surface area (Å²) in [6.45, 7) is 4.49. The molecule has 0 saturated carbocycles. The molecule has 1 N–H and O–H groups in total. The number of rotatable bonds is 7. The number of carboxylic acids is 1. The van der Waals surface area contributed by atoms with Crippen LogP contribution in [-0.4, -0.2) is 47.9 Å². The molecule has 5 nitrogen and oxygen atoms in total. The average Bonchev–Trinajstić information content (AvgIpc) is 3.27. The lowest BCUT2D eigenvalue weighted by molar-refractivity contribution is -0.133. The third-order valence-electron chi connectivity index (χ3n) is 3.99. The van der Waals surface area contributed by atoms with E-state index in [4.69, 9.17) is 9.94 Å². The summed E-state index contributed by atoms with van der Waals surface area (Å²) in [7, 11) is 0. The zero-order valence-corrected chi connectivity index (χ0v) is 15.6. The van der Waals surface area contributed by atoms with Crippen LogP contribution in [0.15, 0.2) is 45.8 Å². The number of hydrogen-bond acceptors (Lipinski definition) is 6. The summed E-state index contributed by atoms with van der Waals surface area (Å²) in [6, 6.07) is 6.13. The molecule has 2 aromatic heterocycles. The minimum atomic E-state index is -0.836. The predicted molar refractivity (Wildman–Crippen MR) is 102 cm³/mol. The Labute approximate surface area is 154 Å². The summed E-state index contributed by atoms with van der Waals surface area (Å²) < 4.78 is 0. The van der Waals surface area contributed by atoms with Crippen molar-refractivity contribution in [2.75, 3.05) is 26.2 Å². The lowest BCUT2D eigenvalue weighted by atomic mass is 10.1. The van der Waals surface area contributed by atoms with Crippen molar-refractivity contribution in [3.63, 3.8) is 0 Å². The average molecular weight is 377 g/mol. The van der Waals surface area contributed by atoms with E-state index >= 15 is 0 Å². The van der Waals surface area contributed by atoms with Crippen molar-refractivity contribution in [1.82, 2.24) is 4.90 Å². The standard InChI is InChI=1S/C18H20N2O3S2/c1-13-6-11-25-17(13)16(15-5-3-10-24-15)19-23-9-8-20-7-2-4-14(12-20)18(21)22/h3-6,10-11H,2,7-9,12H2,1H3,(H,21,22). The molecule has 25 heavy (non-hydrogen) atoms. The second-order valence-corrected chi connectivity index (χ2v) is 7.65. The number of carboxylic acid groups (broad SMARTS) is 1. The fourth-order valence-electron chi connectivity index (χ4n) is 2.66. The van der Waals surface area contributed by atoms with Crippen molar-refractivity contribution < 1.29 is 14.7 Å². The maximum atomic E-state index is 11.1. The van der Waals surface area contributed by atoms with Crippen LogP contribution < -0.4 is 0 Å². The molecule has 0 saturated heterocycles. The van der Waals surface area contributed by atoms with E-state index in [1.807, 2.05) is 17.5 Å². The van der Waals surface area contributed by atoms with Gasteiger partial charge in [0.05, 0.1) is 9.75 Å². The molecule has 132 valence electrons. The largest absolute Gasteiger partial charge is 0.478 e. The quantitative estimate of drug-likeness (QED) is 0.456. The van der Waals surface area contributed by atoms with Crippen molar-refractivity contribution in [1.29, 1.82) is 0 Å². The van der Waals surface area contributed by atoms with Gasteiger partial charge in [0.2, 0.25) is 0 Å². The zero-order chi connectivity index (χ0) is 17.6. The van der Waals surface area contributed by atoms with Gasteiger partial charge >= 0.3 is 5.97 Å². The third-order valence-corrected chi connectivity index (χ3v) is 5.89. The zero-order valence-electron chi connectivity index (χ0n) is 14.0. The van der Waals surface area contributed by atoms with E-state index in [2.05, 4.69) is 28.4 Å². The highest BCUT2D eigenvalue weighted by atomic mass is 32.1. The number of carbonyl (C=O) groups is 1. The van der Waals surface area contributed by atoms with E-state index in [1.54, 1.807) is 28.7 Å². The highest BCUT2D eigenvalue weighted by Crippen LogP contribution is 2.23. The van der Waals surface area contributed by atoms with Gasteiger partial charge in [-0.2, -0.15) is 0 Å². The Bertz CT molecular complexity index is 778. The molecule has 0 radical (unpaired) electrons. The van der Waals surface area contributed by atoms with E-state index in [0.717, 1.165) is 28.4 Å². The summed E-state index contributed by atoms with van der Waals surface area (Å²) in [5, 5.41) is 17.6. The van der Waals surface area contributed by atoms with Gasteiger partial charge in [-0.1, -0.05) is 17.3 Å². The van der Waals surface area contributed by atoms with E-state index in [1.165, 1.54) is 5.56 Å². The van der Waals surface area contributed by atoms with E-state index in [0.29, 0.717) is 25.3 Å². The van der Waals surface area contributed by atoms with Crippen LogP contribution in [0.2, 0.25) is 0 Å². The van der Waals surface area contributed by atoms with Crippen LogP contribution in [0.5, 0.6) is 0 Å². The minimum Gasteiger partial charge on any atom is -0.478 e. The Morgan fingerprint density at radius 1 is 1.36 bits per heavy atom. The van der Waals surface area contributed by atoms with E-state index in [9.17, 15) is 4.79 Å². The van der Waals surface area contributed by atoms with Gasteiger partial charge in [-0.05, 0) is 41.8 Å². The molecule has 3 heterocycles. The number of aryl methyl sites for hydroxylation is 1. The van der Waals surface area contributed by atoms with E-state index < -0.39 is 5.97 Å². The Hall–Kier alpha value is -1.96. The summed E-state index contributed by atoms with van der Waals surface area (Å²) >= 11 is 3.30. The second kappa shape index (κ2) is 8.42. The maximum absolute atomic E-state index is 11.1. The molecule has 0 bridgehead atoms. The van der Waals surface area contributed by atoms with Gasteiger partial charge in [-0.3, -0.25) is 4.90 Å². The van der Waals surface area contributed by atoms with Gasteiger partial charge in [-0.25, -0.2) is 4.79 Å². The van der Waals surface area contributed by atoms with E-state index in [-0.39, 0.29) is 0 Å². The minimum absolute atomic E-state index is 0.437. The molecule has 2 aromatic rings. The summed E-state index contributed by atoms with van der Waals surface area (Å²) in [4.78, 5) is 20.9. The summed E-state index contributed by atoms with van der Waals surface area (Å²) in [6.07, 6.45) is 2.56. The SMILES string of the molecule is Cc1ccsc1C(=NOCCN1CCC=C(C(=O)O)C1)c1cccs1. The van der Waals surface area contributed by atoms with Gasteiger partial charge < -0.3 is 9.94 Å². The molecule has 0 spiro atoms. The topological polar surface area (TPSA) is 62.1 Å². The number of thiophene rings is 2. The normalized spacial score (nSPS) is 15.9. The first kappa shape index (κ1) is 17.8. The Kier molecular flexibility index (Phi) is 6.01. The van der Waals surface area contributed by atoms with Crippen LogP contribution in [0.4, 0.5) is 0 Å². The van der Waals surface area contributed by atoms with Crippen LogP contribution in [0.3, 0.4) is 0 Å². The van der Waals surface area contributed by atoms with Crippen LogP contribution in [0.1, 0.15) is 21.7 Å². The highest BCUT2D eigenvalue weighted by Gasteiger charge is 2.17. The third kappa shape index (κ3) is 4.56. The van der Waals surface area contributed by atoms with Gasteiger partial charge in [0.25, 0.3) is 0 Å². The maximum Gasteiger partial charge on any atom is 0.332 e. The monoisotopic (exact) mass is 376 g/mol. The fraction of sp³-hybridized carbons (Fsp3) is 0.333. The molecule has 0 fully saturated rings. The molecule has 0 atom stereocenters. The van der Waals surface area contributed by atoms with Crippen LogP contribution in [0, 0.1) is 6.92 Å². The first-order valence-corrected chi connectivity index (χ1v) is 9.84. The Balaban J connectivity index is 1.61.